The maximum atomic E-state index is 11.7. The molecule has 6 nitrogen and oxygen atoms in total. The average Bonchev–Trinajstić information content (AvgIpc) is 2.40. The molecule has 19 heavy (non-hydrogen) atoms. The third kappa shape index (κ3) is 4.67. The van der Waals surface area contributed by atoms with Gasteiger partial charge in [-0.2, -0.15) is 0 Å². The van der Waals surface area contributed by atoms with Gasteiger partial charge in [-0.15, -0.1) is 0 Å². The molecule has 0 saturated carbocycles. The Hall–Kier alpha value is -1.95. The van der Waals surface area contributed by atoms with Gasteiger partial charge in [0.2, 0.25) is 5.91 Å². The first-order chi connectivity index (χ1) is 9.08. The zero-order valence-electron chi connectivity index (χ0n) is 11.0. The van der Waals surface area contributed by atoms with Crippen molar-refractivity contribution in [2.45, 2.75) is 19.8 Å². The van der Waals surface area contributed by atoms with Gasteiger partial charge in [0.15, 0.2) is 0 Å². The van der Waals surface area contributed by atoms with Gasteiger partial charge < -0.3 is 11.1 Å². The summed E-state index contributed by atoms with van der Waals surface area (Å²) in [5.41, 5.74) is 6.51. The monoisotopic (exact) mass is 265 g/mol. The largest absolute Gasteiger partial charge is 0.355 e. The molecule has 1 rings (SSSR count). The number of nitrogens with two attached hydrogens (primary N) is 1. The first-order valence-electron chi connectivity index (χ1n) is 6.29. The Labute approximate surface area is 112 Å². The molecule has 3 N–H and O–H groups in total. The molecule has 0 heterocycles. The number of rotatable bonds is 7. The molecule has 104 valence electrons. The van der Waals surface area contributed by atoms with E-state index >= 15 is 0 Å². The van der Waals surface area contributed by atoms with E-state index in [4.69, 9.17) is 5.73 Å². The molecule has 0 aliphatic heterocycles. The molecule has 0 radical (unpaired) electrons. The van der Waals surface area contributed by atoms with E-state index < -0.39 is 4.92 Å². The van der Waals surface area contributed by atoms with Crippen LogP contribution in [0.2, 0.25) is 0 Å². The number of non-ortho nitro benzene ring substituents is 1. The quantitative estimate of drug-likeness (QED) is 0.572. The number of nitrogens with zero attached hydrogens (tertiary/aromatic N) is 1. The van der Waals surface area contributed by atoms with Gasteiger partial charge in [-0.1, -0.05) is 19.1 Å². The van der Waals surface area contributed by atoms with E-state index in [-0.39, 0.29) is 17.5 Å². The van der Waals surface area contributed by atoms with Crippen LogP contribution < -0.4 is 11.1 Å². The van der Waals surface area contributed by atoms with Crippen LogP contribution in [-0.4, -0.2) is 23.9 Å². The lowest BCUT2D eigenvalue weighted by molar-refractivity contribution is -0.384. The topological polar surface area (TPSA) is 98.3 Å². The second kappa shape index (κ2) is 7.48. The lowest BCUT2D eigenvalue weighted by Gasteiger charge is -2.12. The highest BCUT2D eigenvalue weighted by molar-refractivity contribution is 5.78. The Balaban J connectivity index is 2.41. The summed E-state index contributed by atoms with van der Waals surface area (Å²) in [5, 5.41) is 13.3. The van der Waals surface area contributed by atoms with Crippen LogP contribution in [0.1, 0.15) is 18.9 Å². The van der Waals surface area contributed by atoms with E-state index in [1.54, 1.807) is 12.1 Å². The van der Waals surface area contributed by atoms with Crippen molar-refractivity contribution in [2.24, 2.45) is 11.7 Å². The summed E-state index contributed by atoms with van der Waals surface area (Å²) in [6.07, 6.45) is 1.37. The number of nitro benzene ring substituents is 1. The molecular formula is C13H19N3O3. The number of nitro groups is 1. The Morgan fingerprint density at radius 3 is 2.53 bits per heavy atom. The van der Waals surface area contributed by atoms with Crippen molar-refractivity contribution in [3.63, 3.8) is 0 Å². The second-order valence-electron chi connectivity index (χ2n) is 4.31. The van der Waals surface area contributed by atoms with Gasteiger partial charge in [-0.3, -0.25) is 14.9 Å². The lowest BCUT2D eigenvalue weighted by Crippen LogP contribution is -2.35. The van der Waals surface area contributed by atoms with Crippen molar-refractivity contribution in [3.8, 4) is 0 Å². The normalized spacial score (nSPS) is 11.9. The summed E-state index contributed by atoms with van der Waals surface area (Å²) >= 11 is 0. The van der Waals surface area contributed by atoms with Gasteiger partial charge in [0, 0.05) is 31.1 Å². The van der Waals surface area contributed by atoms with Gasteiger partial charge >= 0.3 is 0 Å². The summed E-state index contributed by atoms with van der Waals surface area (Å²) in [6.45, 7) is 2.78. The molecular weight excluding hydrogens is 246 g/mol. The van der Waals surface area contributed by atoms with Crippen molar-refractivity contribution in [2.75, 3.05) is 13.1 Å². The number of carbonyl (C=O) groups is 1. The smallest absolute Gasteiger partial charge is 0.269 e. The molecule has 0 spiro atoms. The van der Waals surface area contributed by atoms with E-state index in [0.717, 1.165) is 12.0 Å². The summed E-state index contributed by atoms with van der Waals surface area (Å²) in [6, 6.07) is 6.33. The van der Waals surface area contributed by atoms with Crippen LogP contribution in [0.5, 0.6) is 0 Å². The highest BCUT2D eigenvalue weighted by Crippen LogP contribution is 2.12. The molecule has 1 aromatic rings. The second-order valence-corrected chi connectivity index (χ2v) is 4.31. The van der Waals surface area contributed by atoms with Gasteiger partial charge in [-0.05, 0) is 18.4 Å². The third-order valence-electron chi connectivity index (χ3n) is 3.01. The number of benzene rings is 1. The average molecular weight is 265 g/mol. The molecule has 0 aliphatic carbocycles. The van der Waals surface area contributed by atoms with E-state index in [1.807, 2.05) is 6.92 Å². The van der Waals surface area contributed by atoms with Crippen molar-refractivity contribution >= 4 is 11.6 Å². The maximum absolute atomic E-state index is 11.7. The SMILES string of the molecule is CCC(CN)C(=O)NCCc1ccc([N+](=O)[O-])cc1. The van der Waals surface area contributed by atoms with Crippen molar-refractivity contribution in [3.05, 3.63) is 39.9 Å². The molecule has 0 aliphatic rings. The highest BCUT2D eigenvalue weighted by Gasteiger charge is 2.13. The number of hydrogen-bond donors (Lipinski definition) is 2. The molecule has 1 aromatic carbocycles. The molecule has 1 atom stereocenters. The van der Waals surface area contributed by atoms with Crippen LogP contribution in [-0.2, 0) is 11.2 Å². The third-order valence-corrected chi connectivity index (χ3v) is 3.01. The van der Waals surface area contributed by atoms with Crippen LogP contribution in [0, 0.1) is 16.0 Å². The predicted molar refractivity (Wildman–Crippen MR) is 72.6 cm³/mol. The van der Waals surface area contributed by atoms with Gasteiger partial charge in [-0.25, -0.2) is 0 Å². The van der Waals surface area contributed by atoms with Crippen LogP contribution in [0.15, 0.2) is 24.3 Å². The number of carbonyl (C=O) groups excluding carboxylic acids is 1. The fraction of sp³-hybridized carbons (Fsp3) is 0.462. The Kier molecular flexibility index (Phi) is 5.95. The molecule has 1 amide bonds. The molecule has 1 unspecified atom stereocenters. The first-order valence-corrected chi connectivity index (χ1v) is 6.29. The van der Waals surface area contributed by atoms with Gasteiger partial charge in [0.05, 0.1) is 4.92 Å². The van der Waals surface area contributed by atoms with E-state index in [1.165, 1.54) is 12.1 Å². The van der Waals surface area contributed by atoms with Crippen LogP contribution in [0.4, 0.5) is 5.69 Å². The van der Waals surface area contributed by atoms with Crippen LogP contribution >= 0.6 is 0 Å². The van der Waals surface area contributed by atoms with E-state index in [2.05, 4.69) is 5.32 Å². The molecule has 0 fully saturated rings. The molecule has 0 aromatic heterocycles. The molecule has 6 heteroatoms. The Morgan fingerprint density at radius 2 is 2.05 bits per heavy atom. The van der Waals surface area contributed by atoms with Crippen LogP contribution in [0.3, 0.4) is 0 Å². The fourth-order valence-corrected chi connectivity index (χ4v) is 1.72. The minimum atomic E-state index is -0.432. The Morgan fingerprint density at radius 1 is 1.42 bits per heavy atom. The predicted octanol–water partition coefficient (Wildman–Crippen LogP) is 1.24. The summed E-state index contributed by atoms with van der Waals surface area (Å²) in [5.74, 6) is -0.177. The van der Waals surface area contributed by atoms with Crippen LogP contribution in [0.25, 0.3) is 0 Å². The zero-order valence-corrected chi connectivity index (χ0v) is 11.0. The van der Waals surface area contributed by atoms with Crippen molar-refractivity contribution < 1.29 is 9.72 Å². The molecule has 0 saturated heterocycles. The number of hydrogen-bond acceptors (Lipinski definition) is 4. The van der Waals surface area contributed by atoms with Crippen molar-refractivity contribution in [1.82, 2.24) is 5.32 Å². The van der Waals surface area contributed by atoms with E-state index in [0.29, 0.717) is 19.5 Å². The molecule has 0 bridgehead atoms. The first kappa shape index (κ1) is 15.1. The van der Waals surface area contributed by atoms with Crippen molar-refractivity contribution in [1.29, 1.82) is 0 Å². The standard InChI is InChI=1S/C13H19N3O3/c1-2-11(9-14)13(17)15-8-7-10-3-5-12(6-4-10)16(18)19/h3-6,11H,2,7-9,14H2,1H3,(H,15,17). The highest BCUT2D eigenvalue weighted by atomic mass is 16.6. The van der Waals surface area contributed by atoms with Gasteiger partial charge in [0.1, 0.15) is 0 Å². The minimum Gasteiger partial charge on any atom is -0.355 e. The minimum absolute atomic E-state index is 0.0353. The number of nitrogens with one attached hydrogen (secondary N) is 1. The van der Waals surface area contributed by atoms with Gasteiger partial charge in [0.25, 0.3) is 5.69 Å². The summed E-state index contributed by atoms with van der Waals surface area (Å²) in [7, 11) is 0. The fourth-order valence-electron chi connectivity index (χ4n) is 1.72. The summed E-state index contributed by atoms with van der Waals surface area (Å²) in [4.78, 5) is 21.7. The number of amides is 1. The summed E-state index contributed by atoms with van der Waals surface area (Å²) < 4.78 is 0. The Bertz CT molecular complexity index is 427. The zero-order chi connectivity index (χ0) is 14.3. The van der Waals surface area contributed by atoms with E-state index in [9.17, 15) is 14.9 Å². The maximum Gasteiger partial charge on any atom is 0.269 e. The lowest BCUT2D eigenvalue weighted by atomic mass is 10.1.